The van der Waals surface area contributed by atoms with Gasteiger partial charge in [-0.05, 0) is 18.9 Å². The molecule has 0 rings (SSSR count). The van der Waals surface area contributed by atoms with Crippen molar-refractivity contribution in [1.82, 2.24) is 0 Å². The van der Waals surface area contributed by atoms with E-state index >= 15 is 0 Å². The van der Waals surface area contributed by atoms with Crippen LogP contribution in [0.25, 0.3) is 0 Å². The maximum atomic E-state index is 5.52. The molecule has 11 heavy (non-hydrogen) atoms. The van der Waals surface area contributed by atoms with Gasteiger partial charge in [-0.1, -0.05) is 31.3 Å². The lowest BCUT2D eigenvalue weighted by molar-refractivity contribution is 0.682. The Hall–Kier alpha value is -0.410. The van der Waals surface area contributed by atoms with Crippen molar-refractivity contribution >= 4 is 11.6 Å². The fourth-order valence-corrected chi connectivity index (χ4v) is 0.995. The third-order valence-electron chi connectivity index (χ3n) is 1.39. The van der Waals surface area contributed by atoms with Crippen LogP contribution in [0.4, 0.5) is 0 Å². The van der Waals surface area contributed by atoms with Gasteiger partial charge in [-0.3, -0.25) is 0 Å². The van der Waals surface area contributed by atoms with Crippen LogP contribution in [0.1, 0.15) is 32.1 Å². The molecule has 0 saturated heterocycles. The third kappa shape index (κ3) is 9.59. The van der Waals surface area contributed by atoms with E-state index in [1.807, 2.05) is 0 Å². The normalized spacial score (nSPS) is 8.45. The first-order chi connectivity index (χ1) is 5.41. The number of allylic oxidation sites excluding steroid dienone is 1. The summed E-state index contributed by atoms with van der Waals surface area (Å²) in [5, 5.41) is 0. The van der Waals surface area contributed by atoms with E-state index in [1.165, 1.54) is 19.3 Å². The first-order valence-corrected chi connectivity index (χ1v) is 4.60. The predicted molar refractivity (Wildman–Crippen MR) is 51.8 cm³/mol. The zero-order chi connectivity index (χ0) is 8.36. The molecule has 0 aromatic rings. The average molecular weight is 171 g/mol. The topological polar surface area (TPSA) is 0 Å². The molecule has 0 aliphatic heterocycles. The molecule has 0 spiro atoms. The SMILES string of the molecule is C=CC#CCCCCCCCl. The molecule has 0 radical (unpaired) electrons. The van der Waals surface area contributed by atoms with E-state index in [4.69, 9.17) is 11.6 Å². The predicted octanol–water partition coefficient (Wildman–Crippen LogP) is 3.37. The Morgan fingerprint density at radius 1 is 1.18 bits per heavy atom. The minimum Gasteiger partial charge on any atom is -0.127 e. The fourth-order valence-electron chi connectivity index (χ4n) is 0.806. The van der Waals surface area contributed by atoms with Crippen LogP contribution in [-0.2, 0) is 0 Å². The summed E-state index contributed by atoms with van der Waals surface area (Å²) in [6, 6.07) is 0. The molecular formula is C10H15Cl. The van der Waals surface area contributed by atoms with E-state index in [0.717, 1.165) is 18.7 Å². The highest BCUT2D eigenvalue weighted by Gasteiger charge is 1.85. The van der Waals surface area contributed by atoms with E-state index < -0.39 is 0 Å². The first-order valence-electron chi connectivity index (χ1n) is 4.07. The van der Waals surface area contributed by atoms with Gasteiger partial charge in [-0.2, -0.15) is 0 Å². The van der Waals surface area contributed by atoms with E-state index in [0.29, 0.717) is 0 Å². The smallest absolute Gasteiger partial charge is 0.0223 e. The zero-order valence-electron chi connectivity index (χ0n) is 6.91. The van der Waals surface area contributed by atoms with Crippen molar-refractivity contribution in [2.45, 2.75) is 32.1 Å². The lowest BCUT2D eigenvalue weighted by atomic mass is 10.2. The molecule has 0 aliphatic rings. The fraction of sp³-hybridized carbons (Fsp3) is 0.600. The summed E-state index contributed by atoms with van der Waals surface area (Å²) < 4.78 is 0. The highest BCUT2D eigenvalue weighted by Crippen LogP contribution is 2.02. The number of hydrogen-bond donors (Lipinski definition) is 0. The Morgan fingerprint density at radius 2 is 1.91 bits per heavy atom. The minimum absolute atomic E-state index is 0.790. The molecular weight excluding hydrogens is 156 g/mol. The Balaban J connectivity index is 2.96. The van der Waals surface area contributed by atoms with Gasteiger partial charge in [0.25, 0.3) is 0 Å². The van der Waals surface area contributed by atoms with Crippen LogP contribution in [0.15, 0.2) is 12.7 Å². The molecule has 0 unspecified atom stereocenters. The van der Waals surface area contributed by atoms with Gasteiger partial charge in [-0.25, -0.2) is 0 Å². The number of rotatable bonds is 5. The molecule has 0 aromatic heterocycles. The Labute approximate surface area is 74.6 Å². The van der Waals surface area contributed by atoms with Gasteiger partial charge in [0.2, 0.25) is 0 Å². The van der Waals surface area contributed by atoms with E-state index in [2.05, 4.69) is 18.4 Å². The molecule has 0 N–H and O–H groups in total. The van der Waals surface area contributed by atoms with Gasteiger partial charge in [0.05, 0.1) is 0 Å². The zero-order valence-corrected chi connectivity index (χ0v) is 7.66. The quantitative estimate of drug-likeness (QED) is 0.337. The van der Waals surface area contributed by atoms with Crippen molar-refractivity contribution in [3.63, 3.8) is 0 Å². The van der Waals surface area contributed by atoms with Crippen molar-refractivity contribution < 1.29 is 0 Å². The monoisotopic (exact) mass is 170 g/mol. The second-order valence-corrected chi connectivity index (χ2v) is 2.76. The maximum Gasteiger partial charge on any atom is 0.0223 e. The van der Waals surface area contributed by atoms with Gasteiger partial charge in [0.1, 0.15) is 0 Å². The maximum absolute atomic E-state index is 5.52. The summed E-state index contributed by atoms with van der Waals surface area (Å²) in [5.74, 6) is 6.63. The largest absolute Gasteiger partial charge is 0.127 e. The molecule has 0 bridgehead atoms. The van der Waals surface area contributed by atoms with Crippen molar-refractivity contribution in [3.8, 4) is 11.8 Å². The summed E-state index contributed by atoms with van der Waals surface area (Å²) in [5.41, 5.74) is 0. The van der Waals surface area contributed by atoms with Crippen LogP contribution in [0.2, 0.25) is 0 Å². The van der Waals surface area contributed by atoms with Crippen molar-refractivity contribution in [1.29, 1.82) is 0 Å². The number of unbranched alkanes of at least 4 members (excludes halogenated alkanes) is 4. The van der Waals surface area contributed by atoms with Gasteiger partial charge in [0.15, 0.2) is 0 Å². The third-order valence-corrected chi connectivity index (χ3v) is 1.66. The van der Waals surface area contributed by atoms with Gasteiger partial charge >= 0.3 is 0 Å². The Kier molecular flexibility index (Phi) is 9.23. The second-order valence-electron chi connectivity index (χ2n) is 2.38. The summed E-state index contributed by atoms with van der Waals surface area (Å²) in [4.78, 5) is 0. The van der Waals surface area contributed by atoms with Crippen LogP contribution in [-0.4, -0.2) is 5.88 Å². The summed E-state index contributed by atoms with van der Waals surface area (Å²) >= 11 is 5.52. The standard InChI is InChI=1S/C10H15Cl/c1-2-3-4-5-6-7-8-9-10-11/h2H,1,5-10H2. The minimum atomic E-state index is 0.790. The molecule has 0 amide bonds. The molecule has 0 heterocycles. The summed E-state index contributed by atoms with van der Waals surface area (Å²) in [6.07, 6.45) is 7.44. The number of halogens is 1. The number of alkyl halides is 1. The highest BCUT2D eigenvalue weighted by molar-refractivity contribution is 6.17. The molecule has 0 aliphatic carbocycles. The van der Waals surface area contributed by atoms with Gasteiger partial charge in [-0.15, -0.1) is 11.6 Å². The second kappa shape index (κ2) is 9.59. The van der Waals surface area contributed by atoms with Crippen LogP contribution >= 0.6 is 11.6 Å². The van der Waals surface area contributed by atoms with E-state index in [1.54, 1.807) is 6.08 Å². The van der Waals surface area contributed by atoms with Crippen LogP contribution in [0.3, 0.4) is 0 Å². The van der Waals surface area contributed by atoms with Crippen LogP contribution < -0.4 is 0 Å². The number of hydrogen-bond acceptors (Lipinski definition) is 0. The van der Waals surface area contributed by atoms with Crippen molar-refractivity contribution in [2.75, 3.05) is 5.88 Å². The van der Waals surface area contributed by atoms with E-state index in [9.17, 15) is 0 Å². The van der Waals surface area contributed by atoms with Crippen molar-refractivity contribution in [3.05, 3.63) is 12.7 Å². The molecule has 62 valence electrons. The molecule has 0 aromatic carbocycles. The Morgan fingerprint density at radius 3 is 2.55 bits per heavy atom. The highest BCUT2D eigenvalue weighted by atomic mass is 35.5. The lowest BCUT2D eigenvalue weighted by Gasteiger charge is -1.93. The molecule has 0 nitrogen and oxygen atoms in total. The molecule has 0 atom stereocenters. The van der Waals surface area contributed by atoms with Crippen LogP contribution in [0.5, 0.6) is 0 Å². The molecule has 0 fully saturated rings. The lowest BCUT2D eigenvalue weighted by Crippen LogP contribution is -1.77. The summed E-state index contributed by atoms with van der Waals surface area (Å²) in [7, 11) is 0. The van der Waals surface area contributed by atoms with Gasteiger partial charge < -0.3 is 0 Å². The average Bonchev–Trinajstić information content (AvgIpc) is 2.03. The van der Waals surface area contributed by atoms with Crippen LogP contribution in [0, 0.1) is 11.8 Å². The summed E-state index contributed by atoms with van der Waals surface area (Å²) in [6.45, 7) is 3.52. The van der Waals surface area contributed by atoms with Crippen molar-refractivity contribution in [2.24, 2.45) is 0 Å². The molecule has 1 heteroatoms. The van der Waals surface area contributed by atoms with Gasteiger partial charge in [0, 0.05) is 12.3 Å². The first kappa shape index (κ1) is 10.6. The Bertz CT molecular complexity index is 139. The van der Waals surface area contributed by atoms with E-state index in [-0.39, 0.29) is 0 Å². The molecule has 0 saturated carbocycles.